The molecule has 0 aliphatic carbocycles. The summed E-state index contributed by atoms with van der Waals surface area (Å²) in [4.78, 5) is 0. The Kier molecular flexibility index (Phi) is 6.34. The van der Waals surface area contributed by atoms with Gasteiger partial charge in [-0.3, -0.25) is 0 Å². The van der Waals surface area contributed by atoms with E-state index in [4.69, 9.17) is 4.74 Å². The molecular formula is C16H26BrNO. The molecule has 0 aliphatic heterocycles. The number of rotatable bonds is 6. The average molecular weight is 328 g/mol. The Morgan fingerprint density at radius 3 is 2.37 bits per heavy atom. The highest BCUT2D eigenvalue weighted by molar-refractivity contribution is 9.10. The minimum atomic E-state index is 0.106. The zero-order valence-corrected chi connectivity index (χ0v) is 14.3. The standard InChI is InChI=1S/C16H26BrNO/c1-6-14(7-2)19-15-9-8-13(17)10-12(15)11-18-16(3,4)5/h8-10,14,18H,6-7,11H2,1-5H3. The molecule has 0 saturated carbocycles. The van der Waals surface area contributed by atoms with E-state index in [1.807, 2.05) is 6.07 Å². The number of hydrogen-bond donors (Lipinski definition) is 1. The summed E-state index contributed by atoms with van der Waals surface area (Å²) < 4.78 is 7.20. The van der Waals surface area contributed by atoms with Crippen molar-refractivity contribution >= 4 is 15.9 Å². The second-order valence-electron chi connectivity index (χ2n) is 5.91. The van der Waals surface area contributed by atoms with Crippen molar-refractivity contribution in [3.8, 4) is 5.75 Å². The van der Waals surface area contributed by atoms with Crippen LogP contribution in [0.15, 0.2) is 22.7 Å². The molecule has 3 heteroatoms. The lowest BCUT2D eigenvalue weighted by atomic mass is 10.1. The zero-order chi connectivity index (χ0) is 14.5. The van der Waals surface area contributed by atoms with Gasteiger partial charge >= 0.3 is 0 Å². The van der Waals surface area contributed by atoms with Crippen LogP contribution in [0, 0.1) is 0 Å². The van der Waals surface area contributed by atoms with Crippen LogP contribution in [0.1, 0.15) is 53.0 Å². The number of nitrogens with one attached hydrogen (secondary N) is 1. The van der Waals surface area contributed by atoms with Crippen molar-refractivity contribution in [2.75, 3.05) is 0 Å². The van der Waals surface area contributed by atoms with E-state index in [0.717, 1.165) is 29.6 Å². The van der Waals surface area contributed by atoms with Crippen molar-refractivity contribution < 1.29 is 4.74 Å². The fraction of sp³-hybridized carbons (Fsp3) is 0.625. The molecule has 0 bridgehead atoms. The van der Waals surface area contributed by atoms with Crippen molar-refractivity contribution in [3.05, 3.63) is 28.2 Å². The van der Waals surface area contributed by atoms with E-state index in [2.05, 4.69) is 68.0 Å². The van der Waals surface area contributed by atoms with Gasteiger partial charge in [-0.25, -0.2) is 0 Å². The van der Waals surface area contributed by atoms with E-state index in [1.165, 1.54) is 5.56 Å². The fourth-order valence-corrected chi connectivity index (χ4v) is 2.20. The first-order chi connectivity index (χ1) is 8.85. The lowest BCUT2D eigenvalue weighted by molar-refractivity contribution is 0.190. The van der Waals surface area contributed by atoms with E-state index in [0.29, 0.717) is 6.10 Å². The van der Waals surface area contributed by atoms with Gasteiger partial charge in [0.05, 0.1) is 6.10 Å². The van der Waals surface area contributed by atoms with Crippen molar-refractivity contribution in [1.29, 1.82) is 0 Å². The molecule has 1 aromatic rings. The lowest BCUT2D eigenvalue weighted by Crippen LogP contribution is -2.35. The summed E-state index contributed by atoms with van der Waals surface area (Å²) in [6.07, 6.45) is 2.38. The summed E-state index contributed by atoms with van der Waals surface area (Å²) in [7, 11) is 0. The lowest BCUT2D eigenvalue weighted by Gasteiger charge is -2.23. The van der Waals surface area contributed by atoms with Crippen LogP contribution in [0.5, 0.6) is 5.75 Å². The van der Waals surface area contributed by atoms with E-state index >= 15 is 0 Å². The minimum absolute atomic E-state index is 0.106. The molecular weight excluding hydrogens is 302 g/mol. The number of hydrogen-bond acceptors (Lipinski definition) is 2. The van der Waals surface area contributed by atoms with Crippen LogP contribution in [0.4, 0.5) is 0 Å². The minimum Gasteiger partial charge on any atom is -0.490 e. The van der Waals surface area contributed by atoms with Gasteiger partial charge in [-0.15, -0.1) is 0 Å². The third-order valence-electron chi connectivity index (χ3n) is 3.04. The molecule has 0 aromatic heterocycles. The Hall–Kier alpha value is -0.540. The molecule has 19 heavy (non-hydrogen) atoms. The Labute approximate surface area is 126 Å². The van der Waals surface area contributed by atoms with E-state index in [9.17, 15) is 0 Å². The first-order valence-corrected chi connectivity index (χ1v) is 7.85. The van der Waals surface area contributed by atoms with Crippen molar-refractivity contribution in [1.82, 2.24) is 5.32 Å². The molecule has 0 atom stereocenters. The number of benzene rings is 1. The van der Waals surface area contributed by atoms with Gasteiger partial charge in [-0.1, -0.05) is 29.8 Å². The van der Waals surface area contributed by atoms with Crippen molar-refractivity contribution in [3.63, 3.8) is 0 Å². The molecule has 0 saturated heterocycles. The topological polar surface area (TPSA) is 21.3 Å². The predicted octanol–water partition coefficient (Wildman–Crippen LogP) is 4.90. The van der Waals surface area contributed by atoms with E-state index in [-0.39, 0.29) is 5.54 Å². The van der Waals surface area contributed by atoms with Gasteiger partial charge < -0.3 is 10.1 Å². The van der Waals surface area contributed by atoms with E-state index in [1.54, 1.807) is 0 Å². The summed E-state index contributed by atoms with van der Waals surface area (Å²) in [5, 5.41) is 3.51. The van der Waals surface area contributed by atoms with Gasteiger partial charge in [0.15, 0.2) is 0 Å². The normalized spacial score (nSPS) is 11.9. The molecule has 0 amide bonds. The average Bonchev–Trinajstić information content (AvgIpc) is 2.34. The van der Waals surface area contributed by atoms with Crippen LogP contribution < -0.4 is 10.1 Å². The summed E-state index contributed by atoms with van der Waals surface area (Å²) in [6, 6.07) is 6.23. The summed E-state index contributed by atoms with van der Waals surface area (Å²) >= 11 is 3.53. The molecule has 0 unspecified atom stereocenters. The van der Waals surface area contributed by atoms with Crippen LogP contribution >= 0.6 is 15.9 Å². The molecule has 0 fully saturated rings. The molecule has 1 aromatic carbocycles. The van der Waals surface area contributed by atoms with Crippen LogP contribution in [0.3, 0.4) is 0 Å². The van der Waals surface area contributed by atoms with Crippen molar-refractivity contribution in [2.45, 2.75) is 65.6 Å². The third-order valence-corrected chi connectivity index (χ3v) is 3.53. The van der Waals surface area contributed by atoms with Gasteiger partial charge in [0, 0.05) is 22.1 Å². The second kappa shape index (κ2) is 7.30. The summed E-state index contributed by atoms with van der Waals surface area (Å²) in [5.74, 6) is 0.994. The van der Waals surface area contributed by atoms with E-state index < -0.39 is 0 Å². The predicted molar refractivity (Wildman–Crippen MR) is 85.7 cm³/mol. The first-order valence-electron chi connectivity index (χ1n) is 7.05. The van der Waals surface area contributed by atoms with Gasteiger partial charge in [0.1, 0.15) is 5.75 Å². The van der Waals surface area contributed by atoms with Crippen LogP contribution in [-0.2, 0) is 6.54 Å². The zero-order valence-electron chi connectivity index (χ0n) is 12.7. The summed E-state index contributed by atoms with van der Waals surface area (Å²) in [6.45, 7) is 11.7. The quantitative estimate of drug-likeness (QED) is 0.801. The Balaban J connectivity index is 2.85. The monoisotopic (exact) mass is 327 g/mol. The van der Waals surface area contributed by atoms with Crippen molar-refractivity contribution in [2.24, 2.45) is 0 Å². The third kappa shape index (κ3) is 5.96. The maximum atomic E-state index is 6.10. The number of halogens is 1. The molecule has 0 heterocycles. The fourth-order valence-electron chi connectivity index (χ4n) is 1.80. The molecule has 0 aliphatic rings. The second-order valence-corrected chi connectivity index (χ2v) is 6.83. The Bertz CT molecular complexity index is 394. The molecule has 108 valence electrons. The maximum Gasteiger partial charge on any atom is 0.124 e. The van der Waals surface area contributed by atoms with Crippen LogP contribution in [-0.4, -0.2) is 11.6 Å². The van der Waals surface area contributed by atoms with Gasteiger partial charge in [-0.05, 0) is 51.8 Å². The first kappa shape index (κ1) is 16.5. The highest BCUT2D eigenvalue weighted by Crippen LogP contribution is 2.25. The molecule has 0 radical (unpaired) electrons. The molecule has 2 nitrogen and oxygen atoms in total. The largest absolute Gasteiger partial charge is 0.490 e. The van der Waals surface area contributed by atoms with Crippen LogP contribution in [0.25, 0.3) is 0 Å². The molecule has 0 spiro atoms. The highest BCUT2D eigenvalue weighted by Gasteiger charge is 2.13. The molecule has 1 N–H and O–H groups in total. The Morgan fingerprint density at radius 1 is 1.21 bits per heavy atom. The maximum absolute atomic E-state index is 6.10. The smallest absolute Gasteiger partial charge is 0.124 e. The SMILES string of the molecule is CCC(CC)Oc1ccc(Br)cc1CNC(C)(C)C. The highest BCUT2D eigenvalue weighted by atomic mass is 79.9. The van der Waals surface area contributed by atoms with Gasteiger partial charge in [-0.2, -0.15) is 0 Å². The summed E-state index contributed by atoms with van der Waals surface area (Å²) in [5.41, 5.74) is 1.31. The van der Waals surface area contributed by atoms with Gasteiger partial charge in [0.2, 0.25) is 0 Å². The van der Waals surface area contributed by atoms with Crippen LogP contribution in [0.2, 0.25) is 0 Å². The number of ether oxygens (including phenoxy) is 1. The van der Waals surface area contributed by atoms with Gasteiger partial charge in [0.25, 0.3) is 0 Å². The Morgan fingerprint density at radius 2 is 1.84 bits per heavy atom. The molecule has 1 rings (SSSR count).